The molecule has 2 aromatic rings. The lowest BCUT2D eigenvalue weighted by Crippen LogP contribution is -2.48. The minimum atomic E-state index is -0.953. The Kier molecular flexibility index (Phi) is 11.8. The Hall–Kier alpha value is -3.04. The molecule has 1 aromatic heterocycles. The second kappa shape index (κ2) is 14.5. The smallest absolute Gasteiger partial charge is 0.250 e. The number of rotatable bonds is 9. The minimum absolute atomic E-state index is 0.0990. The molecule has 36 heavy (non-hydrogen) atoms. The van der Waals surface area contributed by atoms with E-state index < -0.39 is 11.6 Å². The summed E-state index contributed by atoms with van der Waals surface area (Å²) < 4.78 is 2.12. The van der Waals surface area contributed by atoms with E-state index in [1.807, 2.05) is 56.3 Å². The average Bonchev–Trinajstić information content (AvgIpc) is 2.90. The summed E-state index contributed by atoms with van der Waals surface area (Å²) in [5.41, 5.74) is 6.85. The van der Waals surface area contributed by atoms with Crippen molar-refractivity contribution in [3.8, 4) is 0 Å². The van der Waals surface area contributed by atoms with Gasteiger partial charge in [0.2, 0.25) is 5.91 Å². The number of hydrazine groups is 1. The molecule has 0 spiro atoms. The molecular formula is C28H38N4O3S. The fraction of sp³-hybridized carbons (Fsp3) is 0.357. The van der Waals surface area contributed by atoms with Gasteiger partial charge in [0.15, 0.2) is 0 Å². The van der Waals surface area contributed by atoms with Gasteiger partial charge in [-0.25, -0.2) is 5.43 Å². The van der Waals surface area contributed by atoms with Crippen LogP contribution in [0.5, 0.6) is 0 Å². The van der Waals surface area contributed by atoms with Crippen LogP contribution >= 0.6 is 12.2 Å². The number of benzene rings is 1. The predicted molar refractivity (Wildman–Crippen MR) is 149 cm³/mol. The second-order valence-electron chi connectivity index (χ2n) is 8.18. The van der Waals surface area contributed by atoms with E-state index in [1.165, 1.54) is 0 Å². The van der Waals surface area contributed by atoms with Crippen LogP contribution in [0.4, 0.5) is 5.69 Å². The van der Waals surface area contributed by atoms with Crippen LogP contribution in [0.3, 0.4) is 0 Å². The molecular weight excluding hydrogens is 472 g/mol. The van der Waals surface area contributed by atoms with E-state index in [9.17, 15) is 15.0 Å². The van der Waals surface area contributed by atoms with E-state index in [0.29, 0.717) is 41.8 Å². The average molecular weight is 511 g/mol. The lowest BCUT2D eigenvalue weighted by atomic mass is 9.90. The maximum atomic E-state index is 13.8. The fourth-order valence-electron chi connectivity index (χ4n) is 4.09. The summed E-state index contributed by atoms with van der Waals surface area (Å²) in [6, 6.07) is 10.6. The number of hydrogen-bond acceptors (Lipinski definition) is 6. The first kappa shape index (κ1) is 29.2. The van der Waals surface area contributed by atoms with E-state index in [0.717, 1.165) is 5.56 Å². The third kappa shape index (κ3) is 7.24. The van der Waals surface area contributed by atoms with Crippen molar-refractivity contribution in [2.75, 3.05) is 25.6 Å². The second-order valence-corrected chi connectivity index (χ2v) is 8.56. The number of hydrogen-bond donors (Lipinski definition) is 4. The Balaban J connectivity index is 0.00000222. The number of carbonyl (C=O) groups excluding carboxylic acids is 1. The van der Waals surface area contributed by atoms with Gasteiger partial charge in [0.25, 0.3) is 0 Å². The van der Waals surface area contributed by atoms with Gasteiger partial charge in [0.05, 0.1) is 17.9 Å². The molecule has 1 amide bonds. The maximum Gasteiger partial charge on any atom is 0.250 e. The molecule has 4 N–H and O–H groups in total. The molecule has 1 saturated heterocycles. The molecule has 0 aliphatic carbocycles. The highest BCUT2D eigenvalue weighted by molar-refractivity contribution is 7.71. The van der Waals surface area contributed by atoms with Crippen LogP contribution in [0, 0.1) is 4.64 Å². The Morgan fingerprint density at radius 3 is 2.42 bits per heavy atom. The van der Waals surface area contributed by atoms with Gasteiger partial charge < -0.3 is 25.1 Å². The number of anilines is 1. The van der Waals surface area contributed by atoms with E-state index in [1.54, 1.807) is 47.0 Å². The van der Waals surface area contributed by atoms with Crippen LogP contribution in [0.25, 0.3) is 0 Å². The third-order valence-corrected chi connectivity index (χ3v) is 6.43. The number of aromatic nitrogens is 1. The van der Waals surface area contributed by atoms with Crippen LogP contribution in [-0.2, 0) is 11.4 Å². The molecule has 7 nitrogen and oxygen atoms in total. The highest BCUT2D eigenvalue weighted by Gasteiger charge is 2.35. The normalized spacial score (nSPS) is 15.9. The molecule has 1 aliphatic heterocycles. The molecule has 1 unspecified atom stereocenters. The number of carbonyl (C=O) groups is 1. The summed E-state index contributed by atoms with van der Waals surface area (Å²) in [5, 5.41) is 20.9. The molecule has 1 atom stereocenters. The zero-order chi connectivity index (χ0) is 26.6. The number of piperidine rings is 1. The molecule has 194 valence electrons. The lowest BCUT2D eigenvalue weighted by molar-refractivity contribution is -0.136. The molecule has 0 radical (unpaired) electrons. The van der Waals surface area contributed by atoms with Crippen LogP contribution in [0.2, 0.25) is 0 Å². The van der Waals surface area contributed by atoms with Gasteiger partial charge in [-0.3, -0.25) is 4.79 Å². The van der Waals surface area contributed by atoms with Crippen molar-refractivity contribution in [3.63, 3.8) is 0 Å². The van der Waals surface area contributed by atoms with Gasteiger partial charge >= 0.3 is 0 Å². The summed E-state index contributed by atoms with van der Waals surface area (Å²) in [7, 11) is 1.73. The van der Waals surface area contributed by atoms with Gasteiger partial charge in [-0.15, -0.1) is 0 Å². The van der Waals surface area contributed by atoms with Gasteiger partial charge in [0.1, 0.15) is 10.7 Å². The van der Waals surface area contributed by atoms with Gasteiger partial charge in [0, 0.05) is 31.9 Å². The van der Waals surface area contributed by atoms with Gasteiger partial charge in [-0.2, -0.15) is 0 Å². The zero-order valence-electron chi connectivity index (χ0n) is 21.4. The summed E-state index contributed by atoms with van der Waals surface area (Å²) in [6.45, 7) is 8.22. The van der Waals surface area contributed by atoms with Crippen molar-refractivity contribution in [3.05, 3.63) is 95.3 Å². The summed E-state index contributed by atoms with van der Waals surface area (Å²) >= 11 is 5.70. The number of nitrogens with zero attached hydrogens (tertiary/aromatic N) is 2. The number of aliphatic hydroxyl groups excluding tert-OH is 1. The molecule has 1 aromatic carbocycles. The van der Waals surface area contributed by atoms with E-state index in [2.05, 4.69) is 17.4 Å². The van der Waals surface area contributed by atoms with E-state index in [-0.39, 0.29) is 12.5 Å². The molecule has 3 rings (SSSR count). The van der Waals surface area contributed by atoms with Crippen molar-refractivity contribution >= 4 is 23.8 Å². The Morgan fingerprint density at radius 2 is 1.83 bits per heavy atom. The highest BCUT2D eigenvalue weighted by atomic mass is 32.1. The van der Waals surface area contributed by atoms with Crippen molar-refractivity contribution in [1.82, 2.24) is 14.9 Å². The molecule has 8 heteroatoms. The summed E-state index contributed by atoms with van der Waals surface area (Å²) in [5.74, 6) is -0.0990. The number of nitrogens with one attached hydrogen (secondary N) is 2. The van der Waals surface area contributed by atoms with Crippen LogP contribution in [0.1, 0.15) is 43.9 Å². The SMILES string of the molecule is C=C/C=C\C=C\C1(O)CCN(C(=O)C(c2ccccc2)n2ccc(NNC)c(CO)c2=S)CC1.CC. The highest BCUT2D eigenvalue weighted by Crippen LogP contribution is 2.29. The quantitative estimate of drug-likeness (QED) is 0.225. The first-order chi connectivity index (χ1) is 17.4. The lowest BCUT2D eigenvalue weighted by Gasteiger charge is -2.38. The Morgan fingerprint density at radius 1 is 1.17 bits per heavy atom. The number of allylic oxidation sites excluding steroid dienone is 4. The first-order valence-corrected chi connectivity index (χ1v) is 12.7. The largest absolute Gasteiger partial charge is 0.391 e. The molecule has 1 aliphatic rings. The standard InChI is InChI=1S/C26H32N4O3S.C2H6/c1-3-4-5-9-13-26(33)14-17-29(18-15-26)24(32)23(20-10-7-6-8-11-20)30-16-12-22(28-27-2)21(19-31)25(30)34;1-2/h3-13,16,23,27-28,31,33H,1,14-15,17-19H2,2H3;1-2H3/b5-4-,13-9+;. The Labute approximate surface area is 219 Å². The van der Waals surface area contributed by atoms with Crippen molar-refractivity contribution in [2.45, 2.75) is 44.9 Å². The number of pyridine rings is 1. The topological polar surface area (TPSA) is 89.8 Å². The summed E-state index contributed by atoms with van der Waals surface area (Å²) in [4.78, 5) is 15.6. The number of amides is 1. The van der Waals surface area contributed by atoms with Crippen LogP contribution in [0.15, 0.2) is 79.6 Å². The third-order valence-electron chi connectivity index (χ3n) is 5.97. The van der Waals surface area contributed by atoms with E-state index in [4.69, 9.17) is 12.2 Å². The maximum absolute atomic E-state index is 13.8. The summed E-state index contributed by atoms with van der Waals surface area (Å²) in [6.07, 6.45) is 11.5. The van der Waals surface area contributed by atoms with Crippen LogP contribution in [-0.4, -0.2) is 51.3 Å². The van der Waals surface area contributed by atoms with Gasteiger partial charge in [-0.1, -0.05) is 93.4 Å². The van der Waals surface area contributed by atoms with E-state index >= 15 is 0 Å². The van der Waals surface area contributed by atoms with Crippen molar-refractivity contribution < 1.29 is 15.0 Å². The molecule has 0 saturated carbocycles. The van der Waals surface area contributed by atoms with Crippen molar-refractivity contribution in [2.24, 2.45) is 0 Å². The molecule has 1 fully saturated rings. The van der Waals surface area contributed by atoms with Gasteiger partial charge in [-0.05, 0) is 24.5 Å². The fourth-order valence-corrected chi connectivity index (χ4v) is 4.43. The first-order valence-electron chi connectivity index (χ1n) is 12.2. The molecule has 0 bridgehead atoms. The van der Waals surface area contributed by atoms with Crippen molar-refractivity contribution in [1.29, 1.82) is 0 Å². The minimum Gasteiger partial charge on any atom is -0.391 e. The number of aliphatic hydroxyl groups is 2. The van der Waals surface area contributed by atoms with Crippen LogP contribution < -0.4 is 10.9 Å². The Bertz CT molecular complexity index is 1100. The zero-order valence-corrected chi connectivity index (χ0v) is 22.2. The number of likely N-dealkylation sites (tertiary alicyclic amines) is 1. The predicted octanol–water partition coefficient (Wildman–Crippen LogP) is 4.52. The monoisotopic (exact) mass is 510 g/mol. The molecule has 2 heterocycles.